The monoisotopic (exact) mass is 469 g/mol. The SMILES string of the molecule is COc1cccc(NC(=O)[C@@H]2CCCN(c3nc4cccnc4n(Cc4ccccc4)c3=O)C2)c1. The van der Waals surface area contributed by atoms with Gasteiger partial charge in [-0.2, -0.15) is 0 Å². The number of piperidine rings is 1. The third-order valence-electron chi connectivity index (χ3n) is 6.30. The van der Waals surface area contributed by atoms with E-state index in [0.717, 1.165) is 18.4 Å². The van der Waals surface area contributed by atoms with E-state index in [1.807, 2.05) is 65.6 Å². The Kier molecular flexibility index (Phi) is 6.43. The molecule has 1 aliphatic heterocycles. The molecule has 2 aromatic carbocycles. The molecule has 4 aromatic rings. The molecular weight excluding hydrogens is 442 g/mol. The number of fused-ring (bicyclic) bond motifs is 1. The zero-order chi connectivity index (χ0) is 24.2. The lowest BCUT2D eigenvalue weighted by molar-refractivity contribution is -0.120. The molecule has 0 spiro atoms. The van der Waals surface area contributed by atoms with E-state index in [1.165, 1.54) is 0 Å². The molecule has 1 atom stereocenters. The highest BCUT2D eigenvalue weighted by molar-refractivity contribution is 5.93. The van der Waals surface area contributed by atoms with Crippen LogP contribution in [0.15, 0.2) is 77.7 Å². The first-order valence-corrected chi connectivity index (χ1v) is 11.7. The Morgan fingerprint density at radius 1 is 1.11 bits per heavy atom. The van der Waals surface area contributed by atoms with Gasteiger partial charge in [-0.25, -0.2) is 9.97 Å². The lowest BCUT2D eigenvalue weighted by atomic mass is 9.97. The van der Waals surface area contributed by atoms with Crippen molar-refractivity contribution in [2.45, 2.75) is 19.4 Å². The Morgan fingerprint density at radius 3 is 2.80 bits per heavy atom. The van der Waals surface area contributed by atoms with Crippen molar-refractivity contribution < 1.29 is 9.53 Å². The summed E-state index contributed by atoms with van der Waals surface area (Å²) in [6.45, 7) is 1.49. The molecule has 0 bridgehead atoms. The Balaban J connectivity index is 1.43. The summed E-state index contributed by atoms with van der Waals surface area (Å²) in [5.74, 6) is 0.708. The highest BCUT2D eigenvalue weighted by atomic mass is 16.5. The van der Waals surface area contributed by atoms with Crippen LogP contribution in [0.1, 0.15) is 18.4 Å². The Hall–Kier alpha value is -4.20. The van der Waals surface area contributed by atoms with E-state index in [2.05, 4.69) is 15.3 Å². The fourth-order valence-corrected chi connectivity index (χ4v) is 4.51. The predicted molar refractivity (Wildman–Crippen MR) is 136 cm³/mol. The molecule has 2 aromatic heterocycles. The Labute approximate surface area is 203 Å². The zero-order valence-electron chi connectivity index (χ0n) is 19.6. The van der Waals surface area contributed by atoms with Crippen molar-refractivity contribution in [3.8, 4) is 5.75 Å². The minimum absolute atomic E-state index is 0.0741. The third-order valence-corrected chi connectivity index (χ3v) is 6.30. The molecule has 1 saturated heterocycles. The van der Waals surface area contributed by atoms with Crippen LogP contribution in [0.5, 0.6) is 5.75 Å². The first kappa shape index (κ1) is 22.6. The van der Waals surface area contributed by atoms with Crippen molar-refractivity contribution in [2.24, 2.45) is 5.92 Å². The van der Waals surface area contributed by atoms with Crippen LogP contribution in [-0.4, -0.2) is 40.6 Å². The minimum Gasteiger partial charge on any atom is -0.497 e. The maximum absolute atomic E-state index is 13.6. The number of methoxy groups -OCH3 is 1. The molecule has 0 aliphatic carbocycles. The van der Waals surface area contributed by atoms with Crippen LogP contribution in [0.25, 0.3) is 11.2 Å². The van der Waals surface area contributed by atoms with Crippen molar-refractivity contribution in [1.82, 2.24) is 14.5 Å². The fourth-order valence-electron chi connectivity index (χ4n) is 4.51. The normalized spacial score (nSPS) is 15.7. The number of aromatic nitrogens is 3. The van der Waals surface area contributed by atoms with E-state index in [1.54, 1.807) is 23.9 Å². The molecule has 8 heteroatoms. The second-order valence-electron chi connectivity index (χ2n) is 8.66. The molecule has 0 saturated carbocycles. The highest BCUT2D eigenvalue weighted by Crippen LogP contribution is 2.24. The minimum atomic E-state index is -0.261. The lowest BCUT2D eigenvalue weighted by Gasteiger charge is -2.32. The maximum Gasteiger partial charge on any atom is 0.295 e. The van der Waals surface area contributed by atoms with Crippen LogP contribution in [0.2, 0.25) is 0 Å². The topological polar surface area (TPSA) is 89.3 Å². The summed E-state index contributed by atoms with van der Waals surface area (Å²) in [5, 5.41) is 2.99. The van der Waals surface area contributed by atoms with E-state index in [-0.39, 0.29) is 17.4 Å². The second kappa shape index (κ2) is 9.97. The van der Waals surface area contributed by atoms with Gasteiger partial charge in [0.25, 0.3) is 5.56 Å². The number of pyridine rings is 1. The maximum atomic E-state index is 13.6. The summed E-state index contributed by atoms with van der Waals surface area (Å²) < 4.78 is 6.92. The number of nitrogens with zero attached hydrogens (tertiary/aromatic N) is 4. The molecule has 0 radical (unpaired) electrons. The van der Waals surface area contributed by atoms with E-state index >= 15 is 0 Å². The Bertz CT molecular complexity index is 1400. The molecule has 0 unspecified atom stereocenters. The van der Waals surface area contributed by atoms with E-state index in [9.17, 15) is 9.59 Å². The first-order valence-electron chi connectivity index (χ1n) is 11.7. The Morgan fingerprint density at radius 2 is 1.97 bits per heavy atom. The van der Waals surface area contributed by atoms with Gasteiger partial charge in [-0.05, 0) is 42.7 Å². The summed E-state index contributed by atoms with van der Waals surface area (Å²) in [5.41, 5.74) is 2.70. The number of anilines is 2. The molecule has 8 nitrogen and oxygen atoms in total. The van der Waals surface area contributed by atoms with Crippen LogP contribution >= 0.6 is 0 Å². The molecule has 5 rings (SSSR count). The fraction of sp³-hybridized carbons (Fsp3) is 0.259. The number of rotatable bonds is 6. The van der Waals surface area contributed by atoms with E-state index in [0.29, 0.717) is 48.1 Å². The van der Waals surface area contributed by atoms with Gasteiger partial charge in [0.2, 0.25) is 5.91 Å². The van der Waals surface area contributed by atoms with Gasteiger partial charge in [0, 0.05) is 31.0 Å². The van der Waals surface area contributed by atoms with Crippen molar-refractivity contribution in [3.05, 3.63) is 88.8 Å². The number of carbonyl (C=O) groups excluding carboxylic acids is 1. The molecular formula is C27H27N5O3. The largest absolute Gasteiger partial charge is 0.497 e. The molecule has 1 amide bonds. The first-order chi connectivity index (χ1) is 17.1. The van der Waals surface area contributed by atoms with E-state index < -0.39 is 0 Å². The van der Waals surface area contributed by atoms with Gasteiger partial charge in [0.15, 0.2) is 11.5 Å². The van der Waals surface area contributed by atoms with Gasteiger partial charge in [-0.3, -0.25) is 14.2 Å². The number of benzene rings is 2. The standard InChI is InChI=1S/C27H27N5O3/c1-35-22-12-5-11-21(16-22)29-26(33)20-10-7-15-31(18-20)25-27(34)32(17-19-8-3-2-4-9-19)24-23(30-25)13-6-14-28-24/h2-6,8-9,11-14,16,20H,7,10,15,17-18H2,1H3,(H,29,33)/t20-/m1/s1. The van der Waals surface area contributed by atoms with Crippen LogP contribution < -0.4 is 20.5 Å². The number of hydrogen-bond donors (Lipinski definition) is 1. The number of hydrogen-bond acceptors (Lipinski definition) is 6. The highest BCUT2D eigenvalue weighted by Gasteiger charge is 2.29. The molecule has 35 heavy (non-hydrogen) atoms. The summed E-state index contributed by atoms with van der Waals surface area (Å²) in [4.78, 5) is 37.7. The van der Waals surface area contributed by atoms with Crippen LogP contribution in [0, 0.1) is 5.92 Å². The number of amides is 1. The number of carbonyl (C=O) groups is 1. The predicted octanol–water partition coefficient (Wildman–Crippen LogP) is 3.70. The van der Waals surface area contributed by atoms with Gasteiger partial charge >= 0.3 is 0 Å². The smallest absolute Gasteiger partial charge is 0.295 e. The van der Waals surface area contributed by atoms with Crippen molar-refractivity contribution >= 4 is 28.6 Å². The third kappa shape index (κ3) is 4.87. The molecule has 1 fully saturated rings. The molecule has 1 N–H and O–H groups in total. The van der Waals surface area contributed by atoms with Crippen molar-refractivity contribution in [3.63, 3.8) is 0 Å². The molecule has 178 valence electrons. The lowest BCUT2D eigenvalue weighted by Crippen LogP contribution is -2.44. The van der Waals surface area contributed by atoms with Crippen LogP contribution in [-0.2, 0) is 11.3 Å². The van der Waals surface area contributed by atoms with Crippen LogP contribution in [0.3, 0.4) is 0 Å². The van der Waals surface area contributed by atoms with Crippen molar-refractivity contribution in [2.75, 3.05) is 30.4 Å². The summed E-state index contributed by atoms with van der Waals surface area (Å²) in [7, 11) is 1.59. The van der Waals surface area contributed by atoms with Crippen molar-refractivity contribution in [1.29, 1.82) is 0 Å². The summed E-state index contributed by atoms with van der Waals surface area (Å²) in [6.07, 6.45) is 3.21. The summed E-state index contributed by atoms with van der Waals surface area (Å²) >= 11 is 0. The average Bonchev–Trinajstić information content (AvgIpc) is 2.91. The summed E-state index contributed by atoms with van der Waals surface area (Å²) in [6, 6.07) is 20.8. The zero-order valence-corrected chi connectivity index (χ0v) is 19.6. The number of ether oxygens (including phenoxy) is 1. The van der Waals surface area contributed by atoms with Gasteiger partial charge in [0.05, 0.1) is 19.6 Å². The van der Waals surface area contributed by atoms with Gasteiger partial charge in [-0.15, -0.1) is 0 Å². The van der Waals surface area contributed by atoms with Gasteiger partial charge in [-0.1, -0.05) is 36.4 Å². The van der Waals surface area contributed by atoms with Gasteiger partial charge < -0.3 is 15.0 Å². The van der Waals surface area contributed by atoms with E-state index in [4.69, 9.17) is 4.74 Å². The second-order valence-corrected chi connectivity index (χ2v) is 8.66. The quantitative estimate of drug-likeness (QED) is 0.463. The van der Waals surface area contributed by atoms with Gasteiger partial charge in [0.1, 0.15) is 11.3 Å². The average molecular weight is 470 g/mol. The molecule has 1 aliphatic rings. The number of nitrogens with one attached hydrogen (secondary N) is 1. The van der Waals surface area contributed by atoms with Crippen LogP contribution in [0.4, 0.5) is 11.5 Å². The molecule has 3 heterocycles.